The van der Waals surface area contributed by atoms with Gasteiger partial charge in [-0.05, 0) is 51.0 Å². The lowest BCUT2D eigenvalue weighted by molar-refractivity contribution is -0.132. The first-order valence-electron chi connectivity index (χ1n) is 13.0. The Labute approximate surface area is 234 Å². The van der Waals surface area contributed by atoms with Gasteiger partial charge < -0.3 is 15.2 Å². The highest BCUT2D eigenvalue weighted by molar-refractivity contribution is 5.96. The number of aliphatic hydroxyl groups is 1. The Morgan fingerprint density at radius 2 is 1.45 bits per heavy atom. The van der Waals surface area contributed by atoms with Gasteiger partial charge in [-0.1, -0.05) is 72.8 Å². The second-order valence-electron chi connectivity index (χ2n) is 10.8. The van der Waals surface area contributed by atoms with E-state index in [0.29, 0.717) is 17.9 Å². The molecule has 0 bridgehead atoms. The van der Waals surface area contributed by atoms with E-state index in [1.807, 2.05) is 106 Å². The van der Waals surface area contributed by atoms with E-state index in [2.05, 4.69) is 15.3 Å². The Morgan fingerprint density at radius 3 is 2.05 bits per heavy atom. The summed E-state index contributed by atoms with van der Waals surface area (Å²) in [5.41, 5.74) is 1.56. The van der Waals surface area contributed by atoms with Crippen LogP contribution in [0.15, 0.2) is 97.3 Å². The molecule has 40 heavy (non-hydrogen) atoms. The number of hydrogen-bond donors (Lipinski definition) is 2. The minimum absolute atomic E-state index is 0.163. The molecule has 1 aromatic heterocycles. The van der Waals surface area contributed by atoms with Crippen LogP contribution >= 0.6 is 0 Å². The van der Waals surface area contributed by atoms with Crippen molar-refractivity contribution < 1.29 is 19.4 Å². The number of ether oxygens (including phenoxy) is 1. The van der Waals surface area contributed by atoms with Gasteiger partial charge in [0.1, 0.15) is 23.3 Å². The second-order valence-corrected chi connectivity index (χ2v) is 10.8. The van der Waals surface area contributed by atoms with Crippen molar-refractivity contribution in [2.75, 3.05) is 10.2 Å². The zero-order valence-electron chi connectivity index (χ0n) is 23.2. The first kappa shape index (κ1) is 28.4. The highest BCUT2D eigenvalue weighted by atomic mass is 16.6. The third-order valence-corrected chi connectivity index (χ3v) is 6.06. The number of nitrogens with one attached hydrogen (secondary N) is 1. The Balaban J connectivity index is 1.51. The molecule has 0 saturated heterocycles. The summed E-state index contributed by atoms with van der Waals surface area (Å²) in [4.78, 5) is 36.0. The minimum Gasteiger partial charge on any atom is -0.443 e. The zero-order chi connectivity index (χ0) is 28.8. The van der Waals surface area contributed by atoms with E-state index in [4.69, 9.17) is 4.74 Å². The van der Waals surface area contributed by atoms with Crippen LogP contribution in [0.3, 0.4) is 0 Å². The third kappa shape index (κ3) is 7.74. The number of rotatable bonds is 8. The second kappa shape index (κ2) is 12.1. The van der Waals surface area contributed by atoms with E-state index < -0.39 is 23.2 Å². The lowest BCUT2D eigenvalue weighted by Crippen LogP contribution is -2.42. The van der Waals surface area contributed by atoms with E-state index in [1.54, 1.807) is 11.0 Å². The van der Waals surface area contributed by atoms with Crippen LogP contribution in [-0.4, -0.2) is 38.3 Å². The van der Waals surface area contributed by atoms with Gasteiger partial charge in [0.15, 0.2) is 0 Å². The van der Waals surface area contributed by atoms with Gasteiger partial charge in [-0.2, -0.15) is 0 Å². The summed E-state index contributed by atoms with van der Waals surface area (Å²) in [6.45, 7) is 7.33. The Bertz CT molecular complexity index is 1430. The number of carbonyl (C=O) groups excluding carboxylic acids is 2. The number of carbonyl (C=O) groups is 2. The molecule has 8 heteroatoms. The fourth-order valence-corrected chi connectivity index (χ4v) is 4.06. The van der Waals surface area contributed by atoms with Crippen molar-refractivity contribution in [1.29, 1.82) is 0 Å². The largest absolute Gasteiger partial charge is 0.443 e. The smallest absolute Gasteiger partial charge is 0.415 e. The first-order valence-corrected chi connectivity index (χ1v) is 13.0. The van der Waals surface area contributed by atoms with Crippen molar-refractivity contribution in [3.8, 4) is 11.3 Å². The molecule has 206 valence electrons. The molecule has 1 unspecified atom stereocenters. The van der Waals surface area contributed by atoms with Gasteiger partial charge in [-0.15, -0.1) is 0 Å². The zero-order valence-corrected chi connectivity index (χ0v) is 23.2. The molecule has 4 aromatic rings. The van der Waals surface area contributed by atoms with Crippen LogP contribution in [-0.2, 0) is 22.5 Å². The van der Waals surface area contributed by atoms with Gasteiger partial charge in [0.05, 0.1) is 12.2 Å². The molecule has 0 aliphatic carbocycles. The van der Waals surface area contributed by atoms with Crippen molar-refractivity contribution in [2.45, 2.75) is 51.9 Å². The number of anilines is 2. The molecule has 1 heterocycles. The lowest BCUT2D eigenvalue weighted by atomic mass is 9.95. The molecular formula is C32H34N4O4. The molecule has 0 aliphatic rings. The van der Waals surface area contributed by atoms with Crippen LogP contribution in [0, 0.1) is 0 Å². The van der Waals surface area contributed by atoms with Gasteiger partial charge >= 0.3 is 6.09 Å². The van der Waals surface area contributed by atoms with E-state index in [9.17, 15) is 14.7 Å². The fourth-order valence-electron chi connectivity index (χ4n) is 4.06. The highest BCUT2D eigenvalue weighted by Gasteiger charge is 2.31. The maximum absolute atomic E-state index is 13.1. The monoisotopic (exact) mass is 538 g/mol. The maximum atomic E-state index is 13.1. The van der Waals surface area contributed by atoms with Crippen molar-refractivity contribution in [3.05, 3.63) is 108 Å². The number of benzene rings is 3. The van der Waals surface area contributed by atoms with Gasteiger partial charge in [-0.3, -0.25) is 9.69 Å². The first-order chi connectivity index (χ1) is 19.0. The molecule has 0 spiro atoms. The third-order valence-electron chi connectivity index (χ3n) is 6.06. The quantitative estimate of drug-likeness (QED) is 0.284. The SMILES string of the molecule is CC(C)(C)OC(=O)N(Cc1ccccc1)c1ccc(-c2cc(NC(=O)C(C)(O)Cc3ccccc3)ncn2)cc1. The van der Waals surface area contributed by atoms with Crippen LogP contribution in [0.25, 0.3) is 11.3 Å². The predicted molar refractivity (Wildman–Crippen MR) is 156 cm³/mol. The average molecular weight is 539 g/mol. The molecule has 0 fully saturated rings. The van der Waals surface area contributed by atoms with Crippen molar-refractivity contribution in [1.82, 2.24) is 9.97 Å². The van der Waals surface area contributed by atoms with E-state index in [-0.39, 0.29) is 12.2 Å². The molecule has 0 radical (unpaired) electrons. The topological polar surface area (TPSA) is 105 Å². The van der Waals surface area contributed by atoms with E-state index in [0.717, 1.165) is 16.7 Å². The summed E-state index contributed by atoms with van der Waals surface area (Å²) in [6, 6.07) is 28.0. The molecule has 8 nitrogen and oxygen atoms in total. The molecule has 2 N–H and O–H groups in total. The van der Waals surface area contributed by atoms with Crippen molar-refractivity contribution in [2.24, 2.45) is 0 Å². The molecular weight excluding hydrogens is 504 g/mol. The number of hydrogen-bond acceptors (Lipinski definition) is 6. The van der Waals surface area contributed by atoms with E-state index in [1.165, 1.54) is 13.3 Å². The molecule has 0 saturated carbocycles. The van der Waals surface area contributed by atoms with Gasteiger partial charge in [0, 0.05) is 23.7 Å². The Kier molecular flexibility index (Phi) is 8.60. The summed E-state index contributed by atoms with van der Waals surface area (Å²) in [5.74, 6) is -0.294. The van der Waals surface area contributed by atoms with Crippen LogP contribution in [0.5, 0.6) is 0 Å². The van der Waals surface area contributed by atoms with Crippen molar-refractivity contribution >= 4 is 23.5 Å². The summed E-state index contributed by atoms with van der Waals surface area (Å²) in [7, 11) is 0. The summed E-state index contributed by atoms with van der Waals surface area (Å²) in [5, 5.41) is 13.5. The number of amides is 2. The average Bonchev–Trinajstić information content (AvgIpc) is 2.92. The number of nitrogens with zero attached hydrogens (tertiary/aromatic N) is 3. The molecule has 4 rings (SSSR count). The van der Waals surface area contributed by atoms with Crippen LogP contribution in [0.2, 0.25) is 0 Å². The molecule has 0 aliphatic heterocycles. The van der Waals surface area contributed by atoms with Gasteiger partial charge in [0.2, 0.25) is 0 Å². The van der Waals surface area contributed by atoms with Gasteiger partial charge in [0.25, 0.3) is 5.91 Å². The van der Waals surface area contributed by atoms with Crippen LogP contribution in [0.4, 0.5) is 16.3 Å². The summed E-state index contributed by atoms with van der Waals surface area (Å²) >= 11 is 0. The maximum Gasteiger partial charge on any atom is 0.415 e. The minimum atomic E-state index is -1.63. The standard InChI is InChI=1S/C32H34N4O4/c1-31(2,3)40-30(38)36(21-24-13-9-6-10-14-24)26-17-15-25(16-18-26)27-19-28(34-22-33-27)35-29(37)32(4,39)20-23-11-7-5-8-12-23/h5-19,22,39H,20-21H2,1-4H3,(H,33,34,35,37). The van der Waals surface area contributed by atoms with Crippen LogP contribution in [0.1, 0.15) is 38.8 Å². The Morgan fingerprint density at radius 1 is 0.850 bits per heavy atom. The predicted octanol–water partition coefficient (Wildman–Crippen LogP) is 6.02. The van der Waals surface area contributed by atoms with Crippen molar-refractivity contribution in [3.63, 3.8) is 0 Å². The summed E-state index contributed by atoms with van der Waals surface area (Å²) in [6.07, 6.45) is 1.07. The number of aromatic nitrogens is 2. The highest BCUT2D eigenvalue weighted by Crippen LogP contribution is 2.26. The molecule has 1 atom stereocenters. The van der Waals surface area contributed by atoms with E-state index >= 15 is 0 Å². The summed E-state index contributed by atoms with van der Waals surface area (Å²) < 4.78 is 5.66. The molecule has 3 aromatic carbocycles. The molecule has 2 amide bonds. The van der Waals surface area contributed by atoms with Gasteiger partial charge in [-0.25, -0.2) is 14.8 Å². The lowest BCUT2D eigenvalue weighted by Gasteiger charge is -2.27. The normalized spacial score (nSPS) is 12.7. The van der Waals surface area contributed by atoms with Crippen LogP contribution < -0.4 is 10.2 Å². The fraction of sp³-hybridized carbons (Fsp3) is 0.250. The Hall–Kier alpha value is -4.56.